The highest BCUT2D eigenvalue weighted by atomic mass is 19.3. The molecule has 0 radical (unpaired) electrons. The van der Waals surface area contributed by atoms with Gasteiger partial charge in [-0.15, -0.1) is 0 Å². The van der Waals surface area contributed by atoms with Crippen LogP contribution in [0.4, 0.5) is 13.2 Å². The molecule has 7 heteroatoms. The van der Waals surface area contributed by atoms with Gasteiger partial charge in [0.1, 0.15) is 0 Å². The number of alkyl halides is 2. The maximum Gasteiger partial charge on any atom is 0.357 e. The van der Waals surface area contributed by atoms with Gasteiger partial charge < -0.3 is 10.8 Å². The summed E-state index contributed by atoms with van der Waals surface area (Å²) in [5, 5.41) is 8.50. The summed E-state index contributed by atoms with van der Waals surface area (Å²) in [5.41, 5.74) is 2.99. The SMILES string of the molecule is NCc1cc(C(F)F)c(F)c(C(=O)O)n1. The number of carboxylic acids is 1. The molecule has 0 saturated carbocycles. The lowest BCUT2D eigenvalue weighted by atomic mass is 10.1. The summed E-state index contributed by atoms with van der Waals surface area (Å²) in [5.74, 6) is -3.22. The van der Waals surface area contributed by atoms with Gasteiger partial charge in [-0.3, -0.25) is 0 Å². The first-order valence-corrected chi connectivity index (χ1v) is 3.88. The Morgan fingerprint density at radius 3 is 2.60 bits per heavy atom. The van der Waals surface area contributed by atoms with Crippen LogP contribution in [-0.2, 0) is 6.54 Å². The highest BCUT2D eigenvalue weighted by Gasteiger charge is 2.22. The van der Waals surface area contributed by atoms with Crippen LogP contribution in [-0.4, -0.2) is 16.1 Å². The van der Waals surface area contributed by atoms with E-state index in [1.165, 1.54) is 0 Å². The normalized spacial score (nSPS) is 10.7. The molecule has 0 amide bonds. The average Bonchev–Trinajstić information content (AvgIpc) is 2.17. The third-order valence-electron chi connectivity index (χ3n) is 1.69. The van der Waals surface area contributed by atoms with E-state index in [0.29, 0.717) is 0 Å². The second kappa shape index (κ2) is 4.26. The molecule has 0 atom stereocenters. The molecule has 3 N–H and O–H groups in total. The van der Waals surface area contributed by atoms with Crippen molar-refractivity contribution in [1.29, 1.82) is 0 Å². The molecule has 0 saturated heterocycles. The van der Waals surface area contributed by atoms with E-state index in [4.69, 9.17) is 10.8 Å². The van der Waals surface area contributed by atoms with Gasteiger partial charge in [0.15, 0.2) is 11.5 Å². The van der Waals surface area contributed by atoms with Gasteiger partial charge in [-0.05, 0) is 6.07 Å². The third-order valence-corrected chi connectivity index (χ3v) is 1.69. The second-order valence-electron chi connectivity index (χ2n) is 2.68. The van der Waals surface area contributed by atoms with Crippen molar-refractivity contribution >= 4 is 5.97 Å². The molecule has 1 aromatic rings. The Balaban J connectivity index is 3.40. The number of aromatic carboxylic acids is 1. The van der Waals surface area contributed by atoms with Gasteiger partial charge in [-0.25, -0.2) is 22.9 Å². The van der Waals surface area contributed by atoms with Gasteiger partial charge in [0.2, 0.25) is 0 Å². The molecule has 0 aliphatic carbocycles. The average molecular weight is 220 g/mol. The van der Waals surface area contributed by atoms with Crippen molar-refractivity contribution in [2.45, 2.75) is 13.0 Å². The number of rotatable bonds is 3. The van der Waals surface area contributed by atoms with E-state index in [9.17, 15) is 18.0 Å². The Morgan fingerprint density at radius 2 is 2.20 bits per heavy atom. The molecule has 0 unspecified atom stereocenters. The second-order valence-corrected chi connectivity index (χ2v) is 2.68. The number of hydrogen-bond donors (Lipinski definition) is 2. The minimum Gasteiger partial charge on any atom is -0.476 e. The number of halogens is 3. The summed E-state index contributed by atoms with van der Waals surface area (Å²) in [6.45, 7) is -0.236. The van der Waals surface area contributed by atoms with Gasteiger partial charge in [0.05, 0.1) is 11.3 Å². The number of hydrogen-bond acceptors (Lipinski definition) is 3. The molecular formula is C8H7F3N2O2. The van der Waals surface area contributed by atoms with Crippen LogP contribution in [0.2, 0.25) is 0 Å². The highest BCUT2D eigenvalue weighted by Crippen LogP contribution is 2.24. The Morgan fingerprint density at radius 1 is 1.60 bits per heavy atom. The van der Waals surface area contributed by atoms with Gasteiger partial charge >= 0.3 is 5.97 Å². The van der Waals surface area contributed by atoms with Gasteiger partial charge in [-0.1, -0.05) is 0 Å². The first-order valence-electron chi connectivity index (χ1n) is 3.88. The molecule has 0 fully saturated rings. The number of pyridine rings is 1. The summed E-state index contributed by atoms with van der Waals surface area (Å²) in [4.78, 5) is 13.8. The van der Waals surface area contributed by atoms with Crippen LogP contribution in [0, 0.1) is 5.82 Å². The van der Waals surface area contributed by atoms with Crippen molar-refractivity contribution < 1.29 is 23.1 Å². The maximum absolute atomic E-state index is 13.1. The zero-order chi connectivity index (χ0) is 11.6. The quantitative estimate of drug-likeness (QED) is 0.805. The molecule has 0 aliphatic rings. The summed E-state index contributed by atoms with van der Waals surface area (Å²) in [6, 6.07) is 0.756. The zero-order valence-corrected chi connectivity index (χ0v) is 7.38. The van der Waals surface area contributed by atoms with E-state index in [1.807, 2.05) is 0 Å². The van der Waals surface area contributed by atoms with Crippen molar-refractivity contribution in [2.75, 3.05) is 0 Å². The smallest absolute Gasteiger partial charge is 0.357 e. The van der Waals surface area contributed by atoms with Crippen molar-refractivity contribution in [3.63, 3.8) is 0 Å². The molecule has 15 heavy (non-hydrogen) atoms. The van der Waals surface area contributed by atoms with Gasteiger partial charge in [-0.2, -0.15) is 0 Å². The number of carbonyl (C=O) groups is 1. The molecule has 1 aromatic heterocycles. The largest absolute Gasteiger partial charge is 0.476 e. The number of aromatic nitrogens is 1. The molecule has 0 bridgehead atoms. The standard InChI is InChI=1S/C8H7F3N2O2/c9-5-4(7(10)11)1-3(2-12)13-6(5)8(14)15/h1,7H,2,12H2,(H,14,15). The number of nitrogens with zero attached hydrogens (tertiary/aromatic N) is 1. The predicted octanol–water partition coefficient (Wildman–Crippen LogP) is 1.32. The van der Waals surface area contributed by atoms with E-state index in [1.54, 1.807) is 0 Å². The fourth-order valence-corrected chi connectivity index (χ4v) is 1.01. The molecule has 0 aromatic carbocycles. The summed E-state index contributed by atoms with van der Waals surface area (Å²) < 4.78 is 37.7. The van der Waals surface area contributed by atoms with Crippen molar-refractivity contribution in [3.8, 4) is 0 Å². The Bertz CT molecular complexity index is 396. The van der Waals surface area contributed by atoms with E-state index in [0.717, 1.165) is 6.07 Å². The fourth-order valence-electron chi connectivity index (χ4n) is 1.01. The van der Waals surface area contributed by atoms with Crippen molar-refractivity contribution in [1.82, 2.24) is 4.98 Å². The maximum atomic E-state index is 13.1. The molecular weight excluding hydrogens is 213 g/mol. The van der Waals surface area contributed by atoms with Gasteiger partial charge in [0.25, 0.3) is 6.43 Å². The fraction of sp³-hybridized carbons (Fsp3) is 0.250. The first kappa shape index (κ1) is 11.4. The van der Waals surface area contributed by atoms with E-state index in [2.05, 4.69) is 4.98 Å². The van der Waals surface area contributed by atoms with Crippen LogP contribution in [0.1, 0.15) is 28.2 Å². The molecule has 4 nitrogen and oxygen atoms in total. The van der Waals surface area contributed by atoms with Crippen LogP contribution < -0.4 is 5.73 Å². The molecule has 0 spiro atoms. The Hall–Kier alpha value is -1.63. The predicted molar refractivity (Wildman–Crippen MR) is 44.0 cm³/mol. The number of nitrogens with two attached hydrogens (primary N) is 1. The molecule has 82 valence electrons. The van der Waals surface area contributed by atoms with Crippen molar-refractivity contribution in [2.24, 2.45) is 5.73 Å². The first-order chi connectivity index (χ1) is 6.97. The number of carboxylic acid groups (broad SMARTS) is 1. The third kappa shape index (κ3) is 2.24. The minimum atomic E-state index is -3.10. The molecule has 1 heterocycles. The van der Waals surface area contributed by atoms with E-state index in [-0.39, 0.29) is 12.2 Å². The highest BCUT2D eigenvalue weighted by molar-refractivity contribution is 5.86. The van der Waals surface area contributed by atoms with Crippen LogP contribution in [0.5, 0.6) is 0 Å². The molecule has 0 aliphatic heterocycles. The minimum absolute atomic E-state index is 0.0934. The van der Waals surface area contributed by atoms with Crippen LogP contribution in [0.25, 0.3) is 0 Å². The lowest BCUT2D eigenvalue weighted by Crippen LogP contribution is -2.12. The Labute approximate surface area is 82.5 Å². The zero-order valence-electron chi connectivity index (χ0n) is 7.38. The topological polar surface area (TPSA) is 76.2 Å². The van der Waals surface area contributed by atoms with Crippen LogP contribution in [0.15, 0.2) is 6.07 Å². The summed E-state index contributed by atoms with van der Waals surface area (Å²) in [7, 11) is 0. The lowest BCUT2D eigenvalue weighted by Gasteiger charge is -2.06. The Kier molecular flexibility index (Phi) is 3.25. The monoisotopic (exact) mass is 220 g/mol. The summed E-state index contributed by atoms with van der Waals surface area (Å²) >= 11 is 0. The van der Waals surface area contributed by atoms with Crippen LogP contribution in [0.3, 0.4) is 0 Å². The van der Waals surface area contributed by atoms with E-state index >= 15 is 0 Å². The summed E-state index contributed by atoms with van der Waals surface area (Å²) in [6.07, 6.45) is -3.10. The van der Waals surface area contributed by atoms with Crippen molar-refractivity contribution in [3.05, 3.63) is 28.8 Å². The molecule has 1 rings (SSSR count). The lowest BCUT2D eigenvalue weighted by molar-refractivity contribution is 0.0682. The van der Waals surface area contributed by atoms with Crippen LogP contribution >= 0.6 is 0 Å². The van der Waals surface area contributed by atoms with E-state index < -0.39 is 29.5 Å². The van der Waals surface area contributed by atoms with Gasteiger partial charge in [0, 0.05) is 6.54 Å².